The average Bonchev–Trinajstić information content (AvgIpc) is 2.69. The Morgan fingerprint density at radius 2 is 2.15 bits per heavy atom. The van der Waals surface area contributed by atoms with Crippen LogP contribution in [0.25, 0.3) is 0 Å². The van der Waals surface area contributed by atoms with Crippen molar-refractivity contribution < 1.29 is 14.3 Å². The highest BCUT2D eigenvalue weighted by atomic mass is 16.6. The normalized spacial score (nSPS) is 18.3. The predicted octanol–water partition coefficient (Wildman–Crippen LogP) is 2.77. The fourth-order valence-corrected chi connectivity index (χ4v) is 3.65. The zero-order chi connectivity index (χ0) is 18.2. The molecule has 1 aliphatic carbocycles. The van der Waals surface area contributed by atoms with Crippen molar-refractivity contribution in [3.8, 4) is 0 Å². The van der Waals surface area contributed by atoms with Crippen molar-refractivity contribution in [3.63, 3.8) is 0 Å². The van der Waals surface area contributed by atoms with E-state index >= 15 is 0 Å². The summed E-state index contributed by atoms with van der Waals surface area (Å²) in [5.41, 5.74) is 1.04. The fourth-order valence-electron chi connectivity index (χ4n) is 3.65. The van der Waals surface area contributed by atoms with Crippen LogP contribution in [-0.2, 0) is 11.3 Å². The van der Waals surface area contributed by atoms with E-state index in [1.807, 2.05) is 23.2 Å². The molecule has 1 aromatic heterocycles. The highest BCUT2D eigenvalue weighted by Crippen LogP contribution is 2.24. The first-order valence-electron chi connectivity index (χ1n) is 9.59. The Morgan fingerprint density at radius 1 is 1.31 bits per heavy atom. The Hall–Kier alpha value is -2.31. The number of nitrogens with one attached hydrogen (secondary N) is 1. The molecule has 7 nitrogen and oxygen atoms in total. The Kier molecular flexibility index (Phi) is 6.68. The van der Waals surface area contributed by atoms with Gasteiger partial charge in [0.15, 0.2) is 0 Å². The van der Waals surface area contributed by atoms with Crippen molar-refractivity contribution in [2.45, 2.75) is 51.1 Å². The van der Waals surface area contributed by atoms with Crippen LogP contribution in [0.2, 0.25) is 0 Å². The summed E-state index contributed by atoms with van der Waals surface area (Å²) in [6, 6.07) is 4.10. The largest absolute Gasteiger partial charge is 0.449 e. The lowest BCUT2D eigenvalue weighted by Crippen LogP contribution is -2.49. The molecule has 1 saturated carbocycles. The standard InChI is InChI=1S/C19H28N4O3/c24-18(21-10-12-22-11-5-13-26-19(22)25)23(17-7-2-1-3-8-17)15-16-6-4-9-20-14-16/h4,6,9,14,17H,1-3,5,7-8,10-13,15H2,(H,21,24). The molecule has 3 rings (SSSR count). The number of ether oxygens (including phenoxy) is 1. The summed E-state index contributed by atoms with van der Waals surface area (Å²) >= 11 is 0. The summed E-state index contributed by atoms with van der Waals surface area (Å²) in [6.45, 7) is 2.66. The molecule has 2 heterocycles. The van der Waals surface area contributed by atoms with E-state index in [9.17, 15) is 9.59 Å². The van der Waals surface area contributed by atoms with Crippen LogP contribution in [0, 0.1) is 0 Å². The first kappa shape index (κ1) is 18.5. The molecule has 2 aliphatic rings. The van der Waals surface area contributed by atoms with Crippen molar-refractivity contribution in [1.29, 1.82) is 0 Å². The number of cyclic esters (lactones) is 1. The van der Waals surface area contributed by atoms with Gasteiger partial charge in [0, 0.05) is 44.6 Å². The number of hydrogen-bond acceptors (Lipinski definition) is 4. The first-order valence-corrected chi connectivity index (χ1v) is 9.59. The SMILES string of the molecule is O=C1OCCCN1CCNC(=O)N(Cc1cccnc1)C1CCCCC1. The van der Waals surface area contributed by atoms with Crippen molar-refractivity contribution in [1.82, 2.24) is 20.1 Å². The third-order valence-corrected chi connectivity index (χ3v) is 5.07. The number of pyridine rings is 1. The molecule has 0 radical (unpaired) electrons. The second kappa shape index (κ2) is 9.40. The zero-order valence-corrected chi connectivity index (χ0v) is 15.2. The summed E-state index contributed by atoms with van der Waals surface area (Å²) in [4.78, 5) is 32.2. The molecule has 1 saturated heterocycles. The second-order valence-corrected chi connectivity index (χ2v) is 6.97. The Morgan fingerprint density at radius 3 is 2.88 bits per heavy atom. The monoisotopic (exact) mass is 360 g/mol. The molecule has 3 amide bonds. The van der Waals surface area contributed by atoms with Gasteiger partial charge in [-0.15, -0.1) is 0 Å². The number of rotatable bonds is 6. The average molecular weight is 360 g/mol. The number of hydrogen-bond donors (Lipinski definition) is 1. The molecule has 1 aliphatic heterocycles. The maximum absolute atomic E-state index is 12.8. The number of aromatic nitrogens is 1. The van der Waals surface area contributed by atoms with Crippen molar-refractivity contribution in [2.24, 2.45) is 0 Å². The first-order chi connectivity index (χ1) is 12.7. The van der Waals surface area contributed by atoms with Crippen molar-refractivity contribution >= 4 is 12.1 Å². The van der Waals surface area contributed by atoms with E-state index in [1.165, 1.54) is 19.3 Å². The van der Waals surface area contributed by atoms with Gasteiger partial charge in [0.2, 0.25) is 0 Å². The van der Waals surface area contributed by atoms with Crippen LogP contribution in [0.15, 0.2) is 24.5 Å². The molecular formula is C19H28N4O3. The molecule has 26 heavy (non-hydrogen) atoms. The zero-order valence-electron chi connectivity index (χ0n) is 15.2. The Bertz CT molecular complexity index is 590. The number of carbonyl (C=O) groups is 2. The van der Waals surface area contributed by atoms with E-state index in [0.29, 0.717) is 32.8 Å². The van der Waals surface area contributed by atoms with Crippen LogP contribution in [0.1, 0.15) is 44.1 Å². The summed E-state index contributed by atoms with van der Waals surface area (Å²) in [6.07, 6.45) is 9.79. The molecule has 1 N–H and O–H groups in total. The minimum absolute atomic E-state index is 0.0638. The molecule has 7 heteroatoms. The van der Waals surface area contributed by atoms with Crippen LogP contribution >= 0.6 is 0 Å². The van der Waals surface area contributed by atoms with Gasteiger partial charge in [-0.1, -0.05) is 25.3 Å². The Labute approximate surface area is 154 Å². The van der Waals surface area contributed by atoms with E-state index < -0.39 is 0 Å². The quantitative estimate of drug-likeness (QED) is 0.846. The summed E-state index contributed by atoms with van der Waals surface area (Å²) < 4.78 is 5.03. The number of amides is 3. The smallest absolute Gasteiger partial charge is 0.409 e. The van der Waals surface area contributed by atoms with Crippen molar-refractivity contribution in [3.05, 3.63) is 30.1 Å². The van der Waals surface area contributed by atoms with Gasteiger partial charge >= 0.3 is 12.1 Å². The predicted molar refractivity (Wildman–Crippen MR) is 97.6 cm³/mol. The van der Waals surface area contributed by atoms with Gasteiger partial charge in [0.25, 0.3) is 0 Å². The molecule has 142 valence electrons. The molecule has 0 spiro atoms. The third-order valence-electron chi connectivity index (χ3n) is 5.07. The molecule has 0 atom stereocenters. The summed E-state index contributed by atoms with van der Waals surface area (Å²) in [5.74, 6) is 0. The van der Waals surface area contributed by atoms with E-state index in [0.717, 1.165) is 24.8 Å². The lowest BCUT2D eigenvalue weighted by Gasteiger charge is -2.34. The molecule has 0 unspecified atom stereocenters. The molecule has 2 fully saturated rings. The fraction of sp³-hybridized carbons (Fsp3) is 0.632. The lowest BCUT2D eigenvalue weighted by atomic mass is 9.94. The van der Waals surface area contributed by atoms with Gasteiger partial charge < -0.3 is 19.9 Å². The highest BCUT2D eigenvalue weighted by molar-refractivity contribution is 5.74. The van der Waals surface area contributed by atoms with Crippen LogP contribution in [0.4, 0.5) is 9.59 Å². The van der Waals surface area contributed by atoms with Crippen LogP contribution in [0.5, 0.6) is 0 Å². The van der Waals surface area contributed by atoms with Gasteiger partial charge in [-0.2, -0.15) is 0 Å². The topological polar surface area (TPSA) is 74.8 Å². The molecule has 1 aromatic rings. The van der Waals surface area contributed by atoms with E-state index in [1.54, 1.807) is 11.1 Å². The van der Waals surface area contributed by atoms with Gasteiger partial charge in [-0.3, -0.25) is 4.98 Å². The number of urea groups is 1. The highest BCUT2D eigenvalue weighted by Gasteiger charge is 2.26. The number of carbonyl (C=O) groups excluding carboxylic acids is 2. The van der Waals surface area contributed by atoms with Crippen LogP contribution in [0.3, 0.4) is 0 Å². The molecular weight excluding hydrogens is 332 g/mol. The minimum Gasteiger partial charge on any atom is -0.449 e. The van der Waals surface area contributed by atoms with Crippen LogP contribution in [-0.4, -0.2) is 59.2 Å². The van der Waals surface area contributed by atoms with Gasteiger partial charge in [0.1, 0.15) is 0 Å². The van der Waals surface area contributed by atoms with E-state index in [-0.39, 0.29) is 18.2 Å². The maximum Gasteiger partial charge on any atom is 0.409 e. The van der Waals surface area contributed by atoms with Gasteiger partial charge in [-0.05, 0) is 30.9 Å². The second-order valence-electron chi connectivity index (χ2n) is 6.97. The lowest BCUT2D eigenvalue weighted by molar-refractivity contribution is 0.0730. The number of nitrogens with zero attached hydrogens (tertiary/aromatic N) is 3. The summed E-state index contributed by atoms with van der Waals surface area (Å²) in [5, 5.41) is 2.99. The molecule has 0 bridgehead atoms. The van der Waals surface area contributed by atoms with Gasteiger partial charge in [-0.25, -0.2) is 9.59 Å². The Balaban J connectivity index is 1.56. The summed E-state index contributed by atoms with van der Waals surface area (Å²) in [7, 11) is 0. The van der Waals surface area contributed by atoms with E-state index in [4.69, 9.17) is 4.74 Å². The van der Waals surface area contributed by atoms with Crippen molar-refractivity contribution in [2.75, 3.05) is 26.2 Å². The minimum atomic E-state index is -0.287. The molecule has 0 aromatic carbocycles. The van der Waals surface area contributed by atoms with Gasteiger partial charge in [0.05, 0.1) is 6.61 Å². The van der Waals surface area contributed by atoms with E-state index in [2.05, 4.69) is 10.3 Å². The maximum atomic E-state index is 12.8. The van der Waals surface area contributed by atoms with Crippen LogP contribution < -0.4 is 5.32 Å². The third kappa shape index (κ3) is 5.09.